The molecule has 1 fully saturated rings. The summed E-state index contributed by atoms with van der Waals surface area (Å²) in [7, 11) is 0. The minimum Gasteiger partial charge on any atom is -0.378 e. The van der Waals surface area contributed by atoms with E-state index in [1.54, 1.807) is 12.1 Å². The summed E-state index contributed by atoms with van der Waals surface area (Å²) in [5, 5.41) is -0.132. The maximum Gasteiger partial charge on any atom is 0.226 e. The van der Waals surface area contributed by atoms with E-state index < -0.39 is 11.1 Å². The Morgan fingerprint density at radius 2 is 2.05 bits per heavy atom. The van der Waals surface area contributed by atoms with E-state index in [-0.39, 0.29) is 6.42 Å². The molecule has 0 saturated carbocycles. The average Bonchev–Trinajstić information content (AvgIpc) is 2.37. The molecule has 1 saturated heterocycles. The van der Waals surface area contributed by atoms with Crippen molar-refractivity contribution < 1.29 is 13.9 Å². The van der Waals surface area contributed by atoms with Gasteiger partial charge in [-0.05, 0) is 29.3 Å². The van der Waals surface area contributed by atoms with Crippen molar-refractivity contribution in [2.75, 3.05) is 31.2 Å². The Bertz CT molecular complexity index is 542. The molecule has 0 N–H and O–H groups in total. The van der Waals surface area contributed by atoms with Gasteiger partial charge in [-0.25, -0.2) is 4.39 Å². The molecule has 0 spiro atoms. The van der Waals surface area contributed by atoms with Gasteiger partial charge in [-0.15, -0.1) is 0 Å². The van der Waals surface area contributed by atoms with Gasteiger partial charge in [0, 0.05) is 35.8 Å². The summed E-state index contributed by atoms with van der Waals surface area (Å²) in [6.45, 7) is 5.75. The number of ether oxygens (including phenoxy) is 1. The summed E-state index contributed by atoms with van der Waals surface area (Å²) in [6.07, 6.45) is -0.0856. The molecular weight excluding hydrogens is 304 g/mol. The van der Waals surface area contributed by atoms with Gasteiger partial charge in [-0.3, -0.25) is 4.79 Å². The number of carbonyl (C=O) groups excluding carboxylic acids is 1. The van der Waals surface area contributed by atoms with Gasteiger partial charge in [0.05, 0.1) is 13.2 Å². The number of hydrogen-bond acceptors (Lipinski definition) is 3. The molecule has 1 aromatic carbocycles. The highest BCUT2D eigenvalue weighted by Crippen LogP contribution is 2.34. The molecular formula is C14H14Cl2FNO2. The lowest BCUT2D eigenvalue weighted by Gasteiger charge is -2.31. The van der Waals surface area contributed by atoms with Crippen molar-refractivity contribution in [3.63, 3.8) is 0 Å². The monoisotopic (exact) mass is 317 g/mol. The second kappa shape index (κ2) is 6.57. The fourth-order valence-corrected chi connectivity index (χ4v) is 2.68. The van der Waals surface area contributed by atoms with Gasteiger partial charge in [-0.1, -0.05) is 18.2 Å². The van der Waals surface area contributed by atoms with Gasteiger partial charge in [0.1, 0.15) is 5.83 Å². The third-order valence-electron chi connectivity index (χ3n) is 3.12. The fourth-order valence-electron chi connectivity index (χ4n) is 2.30. The van der Waals surface area contributed by atoms with Gasteiger partial charge in [0.2, 0.25) is 5.24 Å². The molecule has 0 radical (unpaired) electrons. The van der Waals surface area contributed by atoms with E-state index >= 15 is 0 Å². The second-order valence-corrected chi connectivity index (χ2v) is 5.35. The minimum atomic E-state index is -0.601. The van der Waals surface area contributed by atoms with Gasteiger partial charge in [0.15, 0.2) is 0 Å². The van der Waals surface area contributed by atoms with Crippen LogP contribution in [0.2, 0.25) is 5.02 Å². The van der Waals surface area contributed by atoms with Crippen LogP contribution >= 0.6 is 23.2 Å². The van der Waals surface area contributed by atoms with Gasteiger partial charge < -0.3 is 9.64 Å². The number of hydrogen-bond donors (Lipinski definition) is 0. The first-order valence-corrected chi connectivity index (χ1v) is 6.93. The molecule has 1 heterocycles. The highest BCUT2D eigenvalue weighted by Gasteiger charge is 2.21. The van der Waals surface area contributed by atoms with E-state index in [0.29, 0.717) is 48.1 Å². The molecule has 20 heavy (non-hydrogen) atoms. The van der Waals surface area contributed by atoms with E-state index in [9.17, 15) is 9.18 Å². The molecule has 1 aromatic rings. The number of halogens is 3. The van der Waals surface area contributed by atoms with Crippen molar-refractivity contribution in [2.24, 2.45) is 0 Å². The number of nitrogens with zero attached hydrogens (tertiary/aromatic N) is 1. The van der Waals surface area contributed by atoms with Crippen LogP contribution in [-0.4, -0.2) is 31.5 Å². The summed E-state index contributed by atoms with van der Waals surface area (Å²) in [5.74, 6) is -0.601. The average molecular weight is 318 g/mol. The Morgan fingerprint density at radius 1 is 1.40 bits per heavy atom. The van der Waals surface area contributed by atoms with E-state index in [4.69, 9.17) is 27.9 Å². The van der Waals surface area contributed by atoms with E-state index in [1.165, 1.54) is 0 Å². The van der Waals surface area contributed by atoms with Crippen molar-refractivity contribution in [1.29, 1.82) is 0 Å². The predicted molar refractivity (Wildman–Crippen MR) is 79.2 cm³/mol. The van der Waals surface area contributed by atoms with Crippen LogP contribution in [-0.2, 0) is 16.0 Å². The third-order valence-corrected chi connectivity index (χ3v) is 3.47. The minimum absolute atomic E-state index is 0.0856. The molecule has 2 rings (SSSR count). The summed E-state index contributed by atoms with van der Waals surface area (Å²) >= 11 is 11.5. The standard InChI is InChI=1S/C14H14Cl2FNO2/c1-9(17)14-10(7-13(16)19)6-11(15)8-12(14)18-2-4-20-5-3-18/h6,8H,1-5,7H2. The molecule has 1 aliphatic rings. The first-order valence-electron chi connectivity index (χ1n) is 6.17. The van der Waals surface area contributed by atoms with E-state index in [0.717, 1.165) is 0 Å². The fraction of sp³-hybridized carbons (Fsp3) is 0.357. The predicted octanol–water partition coefficient (Wildman–Crippen LogP) is 3.42. The zero-order valence-electron chi connectivity index (χ0n) is 10.8. The molecule has 1 aliphatic heterocycles. The molecule has 0 unspecified atom stereocenters. The Hall–Kier alpha value is -1.10. The lowest BCUT2D eigenvalue weighted by atomic mass is 10.0. The maximum atomic E-state index is 13.8. The highest BCUT2D eigenvalue weighted by atomic mass is 35.5. The SMILES string of the molecule is C=C(F)c1c(CC(=O)Cl)cc(Cl)cc1N1CCOCC1. The zero-order valence-corrected chi connectivity index (χ0v) is 12.3. The van der Waals surface area contributed by atoms with E-state index in [2.05, 4.69) is 6.58 Å². The Morgan fingerprint density at radius 3 is 2.60 bits per heavy atom. The molecule has 6 heteroatoms. The van der Waals surface area contributed by atoms with Crippen molar-refractivity contribution in [3.8, 4) is 0 Å². The Balaban J connectivity index is 2.50. The smallest absolute Gasteiger partial charge is 0.226 e. The normalized spacial score (nSPS) is 15.2. The summed E-state index contributed by atoms with van der Waals surface area (Å²) in [6, 6.07) is 3.22. The largest absolute Gasteiger partial charge is 0.378 e. The number of carbonyl (C=O) groups is 1. The van der Waals surface area contributed by atoms with Crippen molar-refractivity contribution >= 4 is 40.0 Å². The van der Waals surface area contributed by atoms with Crippen LogP contribution in [0.4, 0.5) is 10.1 Å². The van der Waals surface area contributed by atoms with E-state index in [1.807, 2.05) is 4.90 Å². The molecule has 0 aliphatic carbocycles. The van der Waals surface area contributed by atoms with Gasteiger partial charge >= 0.3 is 0 Å². The summed E-state index contributed by atoms with van der Waals surface area (Å²) in [4.78, 5) is 13.1. The van der Waals surface area contributed by atoms with Crippen molar-refractivity contribution in [2.45, 2.75) is 6.42 Å². The Kier molecular flexibility index (Phi) is 5.02. The van der Waals surface area contributed by atoms with Crippen LogP contribution in [0.25, 0.3) is 5.83 Å². The van der Waals surface area contributed by atoms with Crippen LogP contribution in [0, 0.1) is 0 Å². The molecule has 0 atom stereocenters. The lowest BCUT2D eigenvalue weighted by molar-refractivity contribution is -0.111. The first-order chi connectivity index (χ1) is 9.49. The molecule has 0 aromatic heterocycles. The van der Waals surface area contributed by atoms with Crippen molar-refractivity contribution in [1.82, 2.24) is 0 Å². The van der Waals surface area contributed by atoms with Gasteiger partial charge in [-0.2, -0.15) is 0 Å². The number of rotatable bonds is 4. The molecule has 3 nitrogen and oxygen atoms in total. The van der Waals surface area contributed by atoms with Crippen LogP contribution in [0.15, 0.2) is 18.7 Å². The molecule has 0 amide bonds. The zero-order chi connectivity index (χ0) is 14.7. The van der Waals surface area contributed by atoms with Gasteiger partial charge in [0.25, 0.3) is 0 Å². The summed E-state index contributed by atoms with van der Waals surface area (Å²) in [5.41, 5.74) is 1.37. The second-order valence-electron chi connectivity index (χ2n) is 4.50. The quantitative estimate of drug-likeness (QED) is 0.797. The van der Waals surface area contributed by atoms with Crippen LogP contribution in [0.3, 0.4) is 0 Å². The summed E-state index contributed by atoms with van der Waals surface area (Å²) < 4.78 is 19.1. The number of anilines is 1. The Labute approximate surface area is 126 Å². The molecule has 0 bridgehead atoms. The van der Waals surface area contributed by atoms with Crippen molar-refractivity contribution in [3.05, 3.63) is 34.9 Å². The number of benzene rings is 1. The lowest BCUT2D eigenvalue weighted by Crippen LogP contribution is -2.36. The maximum absolute atomic E-state index is 13.8. The van der Waals surface area contributed by atoms with Crippen LogP contribution in [0.1, 0.15) is 11.1 Å². The first kappa shape index (κ1) is 15.3. The van der Waals surface area contributed by atoms with Crippen LogP contribution in [0.5, 0.6) is 0 Å². The third kappa shape index (κ3) is 3.51. The molecule has 108 valence electrons. The topological polar surface area (TPSA) is 29.5 Å². The highest BCUT2D eigenvalue weighted by molar-refractivity contribution is 6.63. The number of morpholine rings is 1. The van der Waals surface area contributed by atoms with Crippen LogP contribution < -0.4 is 4.90 Å².